The molecule has 0 saturated carbocycles. The summed E-state index contributed by atoms with van der Waals surface area (Å²) in [5, 5.41) is 0. The van der Waals surface area contributed by atoms with E-state index in [1.54, 1.807) is 41.4 Å². The highest BCUT2D eigenvalue weighted by Gasteiger charge is 2.12. The minimum absolute atomic E-state index is 0.291. The molecule has 0 aliphatic rings. The fraction of sp³-hybridized carbons (Fsp3) is 0.0588. The van der Waals surface area contributed by atoms with Crippen LogP contribution >= 0.6 is 0 Å². The molecule has 0 radical (unpaired) electrons. The van der Waals surface area contributed by atoms with Crippen molar-refractivity contribution in [1.29, 1.82) is 0 Å². The predicted octanol–water partition coefficient (Wildman–Crippen LogP) is 2.37. The zero-order valence-corrected chi connectivity index (χ0v) is 12.5. The minimum Gasteiger partial charge on any atom is -0.320 e. The molecule has 0 aliphatic heterocycles. The van der Waals surface area contributed by atoms with Crippen LogP contribution in [0.3, 0.4) is 0 Å². The van der Waals surface area contributed by atoms with Crippen molar-refractivity contribution >= 4 is 11.2 Å². The molecule has 3 heterocycles. The van der Waals surface area contributed by atoms with E-state index >= 15 is 0 Å². The Kier molecular flexibility index (Phi) is 3.38. The molecule has 1 aromatic carbocycles. The summed E-state index contributed by atoms with van der Waals surface area (Å²) in [6.07, 6.45) is 3.19. The number of halogens is 1. The number of imidazole rings is 1. The summed E-state index contributed by atoms with van der Waals surface area (Å²) >= 11 is 0. The fourth-order valence-electron chi connectivity index (χ4n) is 2.52. The maximum atomic E-state index is 13.0. The van der Waals surface area contributed by atoms with Crippen LogP contribution in [0.2, 0.25) is 0 Å². The van der Waals surface area contributed by atoms with Crippen LogP contribution in [0, 0.1) is 5.82 Å². The molecule has 4 aromatic rings. The Balaban J connectivity index is 1.77. The van der Waals surface area contributed by atoms with Gasteiger partial charge in [-0.2, -0.15) is 0 Å². The third-order valence-electron chi connectivity index (χ3n) is 3.66. The Morgan fingerprint density at radius 1 is 1.08 bits per heavy atom. The molecule has 0 fully saturated rings. The number of nitrogens with zero attached hydrogens (tertiary/aromatic N) is 4. The van der Waals surface area contributed by atoms with Crippen LogP contribution in [0.4, 0.5) is 4.39 Å². The van der Waals surface area contributed by atoms with E-state index in [4.69, 9.17) is 0 Å². The van der Waals surface area contributed by atoms with Crippen LogP contribution in [0.25, 0.3) is 22.7 Å². The lowest BCUT2D eigenvalue weighted by Crippen LogP contribution is -2.14. The van der Waals surface area contributed by atoms with E-state index < -0.39 is 0 Å². The number of fused-ring (bicyclic) bond motifs is 1. The lowest BCUT2D eigenvalue weighted by Gasteiger charge is -2.04. The first-order chi connectivity index (χ1) is 11.7. The number of hydrogen-bond acceptors (Lipinski definition) is 4. The van der Waals surface area contributed by atoms with Crippen molar-refractivity contribution in [3.05, 3.63) is 76.7 Å². The normalized spacial score (nSPS) is 11.0. The highest BCUT2D eigenvalue weighted by atomic mass is 19.1. The molecular formula is C17H12FN5O. The molecule has 0 saturated heterocycles. The SMILES string of the molecule is O=c1[nH]c(-c2ccccn2)nc2ncn(Cc3ccc(F)cc3)c12. The monoisotopic (exact) mass is 321 g/mol. The Morgan fingerprint density at radius 2 is 1.92 bits per heavy atom. The van der Waals surface area contributed by atoms with Crippen LogP contribution in [0.15, 0.2) is 59.8 Å². The zero-order valence-electron chi connectivity index (χ0n) is 12.5. The maximum absolute atomic E-state index is 13.0. The highest BCUT2D eigenvalue weighted by Crippen LogP contribution is 2.14. The smallest absolute Gasteiger partial charge is 0.277 e. The van der Waals surface area contributed by atoms with Gasteiger partial charge in [0.05, 0.1) is 6.33 Å². The Bertz CT molecular complexity index is 1050. The van der Waals surface area contributed by atoms with Crippen LogP contribution in [-0.4, -0.2) is 24.5 Å². The molecule has 7 heteroatoms. The van der Waals surface area contributed by atoms with E-state index in [2.05, 4.69) is 19.9 Å². The number of rotatable bonds is 3. The van der Waals surface area contributed by atoms with Crippen LogP contribution in [-0.2, 0) is 6.54 Å². The third-order valence-corrected chi connectivity index (χ3v) is 3.66. The number of benzene rings is 1. The number of hydrogen-bond donors (Lipinski definition) is 1. The summed E-state index contributed by atoms with van der Waals surface area (Å²) in [6, 6.07) is 11.5. The molecule has 24 heavy (non-hydrogen) atoms. The van der Waals surface area contributed by atoms with E-state index in [1.807, 2.05) is 6.07 Å². The molecule has 0 spiro atoms. The summed E-state index contributed by atoms with van der Waals surface area (Å²) in [5.41, 5.74) is 1.87. The molecule has 4 rings (SSSR count). The largest absolute Gasteiger partial charge is 0.320 e. The van der Waals surface area contributed by atoms with Gasteiger partial charge in [-0.05, 0) is 29.8 Å². The highest BCUT2D eigenvalue weighted by molar-refractivity contribution is 5.72. The standard InChI is InChI=1S/C17H12FN5O/c18-12-6-4-11(5-7-12)9-23-10-20-16-14(23)17(24)22-15(21-16)13-3-1-2-8-19-13/h1-8,10H,9H2,(H,21,22,24). The van der Waals surface area contributed by atoms with Gasteiger partial charge in [-0.3, -0.25) is 9.78 Å². The van der Waals surface area contributed by atoms with Gasteiger partial charge < -0.3 is 9.55 Å². The average Bonchev–Trinajstić information content (AvgIpc) is 3.01. The van der Waals surface area contributed by atoms with Gasteiger partial charge in [0.2, 0.25) is 0 Å². The first kappa shape index (κ1) is 14.3. The lowest BCUT2D eigenvalue weighted by atomic mass is 10.2. The summed E-state index contributed by atoms with van der Waals surface area (Å²) in [6.45, 7) is 0.407. The summed E-state index contributed by atoms with van der Waals surface area (Å²) in [7, 11) is 0. The maximum Gasteiger partial charge on any atom is 0.277 e. The Hall–Kier alpha value is -3.35. The molecule has 0 atom stereocenters. The van der Waals surface area contributed by atoms with Gasteiger partial charge in [-0.25, -0.2) is 14.4 Å². The second-order valence-corrected chi connectivity index (χ2v) is 5.30. The number of pyridine rings is 1. The molecule has 118 valence electrons. The van der Waals surface area contributed by atoms with Gasteiger partial charge in [0.25, 0.3) is 5.56 Å². The van der Waals surface area contributed by atoms with Crippen molar-refractivity contribution in [2.75, 3.05) is 0 Å². The van der Waals surface area contributed by atoms with Crippen LogP contribution < -0.4 is 5.56 Å². The zero-order chi connectivity index (χ0) is 16.5. The average molecular weight is 321 g/mol. The van der Waals surface area contributed by atoms with Crippen LogP contribution in [0.5, 0.6) is 0 Å². The van der Waals surface area contributed by atoms with Crippen molar-refractivity contribution in [1.82, 2.24) is 24.5 Å². The van der Waals surface area contributed by atoms with E-state index in [0.717, 1.165) is 5.56 Å². The van der Waals surface area contributed by atoms with Gasteiger partial charge in [-0.15, -0.1) is 0 Å². The van der Waals surface area contributed by atoms with Crippen LogP contribution in [0.1, 0.15) is 5.56 Å². The number of H-pyrrole nitrogens is 1. The Morgan fingerprint density at radius 3 is 2.67 bits per heavy atom. The molecule has 1 N–H and O–H groups in total. The molecule has 0 unspecified atom stereocenters. The topological polar surface area (TPSA) is 76.5 Å². The first-order valence-corrected chi connectivity index (χ1v) is 7.32. The Labute approximate surface area is 135 Å². The van der Waals surface area contributed by atoms with E-state index in [-0.39, 0.29) is 11.4 Å². The van der Waals surface area contributed by atoms with E-state index in [9.17, 15) is 9.18 Å². The molecule has 3 aromatic heterocycles. The van der Waals surface area contributed by atoms with Gasteiger partial charge in [-0.1, -0.05) is 18.2 Å². The summed E-state index contributed by atoms with van der Waals surface area (Å²) in [5.74, 6) is 0.0777. The van der Waals surface area contributed by atoms with Crippen molar-refractivity contribution < 1.29 is 4.39 Å². The van der Waals surface area contributed by atoms with Crippen molar-refractivity contribution in [3.63, 3.8) is 0 Å². The number of aromatic nitrogens is 5. The molecule has 0 aliphatic carbocycles. The first-order valence-electron chi connectivity index (χ1n) is 7.32. The van der Waals surface area contributed by atoms with Gasteiger partial charge in [0.1, 0.15) is 11.5 Å². The minimum atomic E-state index is -0.297. The molecular weight excluding hydrogens is 309 g/mol. The summed E-state index contributed by atoms with van der Waals surface area (Å²) in [4.78, 5) is 28.0. The predicted molar refractivity (Wildman–Crippen MR) is 86.9 cm³/mol. The lowest BCUT2D eigenvalue weighted by molar-refractivity contribution is 0.626. The van der Waals surface area contributed by atoms with Gasteiger partial charge >= 0.3 is 0 Å². The molecule has 6 nitrogen and oxygen atoms in total. The van der Waals surface area contributed by atoms with Crippen molar-refractivity contribution in [3.8, 4) is 11.5 Å². The van der Waals surface area contributed by atoms with Crippen molar-refractivity contribution in [2.24, 2.45) is 0 Å². The van der Waals surface area contributed by atoms with Crippen molar-refractivity contribution in [2.45, 2.75) is 6.54 Å². The number of nitrogens with one attached hydrogen (secondary N) is 1. The third kappa shape index (κ3) is 2.56. The molecule has 0 bridgehead atoms. The van der Waals surface area contributed by atoms with Gasteiger partial charge in [0, 0.05) is 12.7 Å². The summed E-state index contributed by atoms with van der Waals surface area (Å²) < 4.78 is 14.7. The number of aromatic amines is 1. The quantitative estimate of drug-likeness (QED) is 0.628. The van der Waals surface area contributed by atoms with Gasteiger partial charge in [0.15, 0.2) is 17.0 Å². The second kappa shape index (κ2) is 5.69. The second-order valence-electron chi connectivity index (χ2n) is 5.30. The van der Waals surface area contributed by atoms with E-state index in [1.165, 1.54) is 12.1 Å². The molecule has 0 amide bonds. The fourth-order valence-corrected chi connectivity index (χ4v) is 2.52. The van der Waals surface area contributed by atoms with E-state index in [0.29, 0.717) is 29.2 Å².